The summed E-state index contributed by atoms with van der Waals surface area (Å²) < 4.78 is 24.5. The highest BCUT2D eigenvalue weighted by molar-refractivity contribution is 5.85. The molecular weight excluding hydrogens is 311 g/mol. The highest BCUT2D eigenvalue weighted by atomic mass is 19.1. The number of carbonyl (C=O) groups excluding carboxylic acids is 1. The normalized spacial score (nSPS) is 14.3. The molecule has 1 amide bonds. The van der Waals surface area contributed by atoms with Crippen LogP contribution in [-0.4, -0.2) is 32.4 Å². The lowest BCUT2D eigenvalue weighted by Gasteiger charge is -2.29. The molecule has 3 rings (SSSR count). The second-order valence-corrected chi connectivity index (χ2v) is 5.45. The number of hydrogen-bond donors (Lipinski definition) is 1. The summed E-state index contributed by atoms with van der Waals surface area (Å²) in [7, 11) is 0. The molecule has 0 aliphatic carbocycles. The third-order valence-electron chi connectivity index (χ3n) is 3.76. The Kier molecular flexibility index (Phi) is 5.28. The Balaban J connectivity index is 1.61. The predicted octanol–water partition coefficient (Wildman–Crippen LogP) is 3.41. The number of anilines is 2. The van der Waals surface area contributed by atoms with Gasteiger partial charge in [0.15, 0.2) is 0 Å². The summed E-state index contributed by atoms with van der Waals surface area (Å²) >= 11 is 0. The molecule has 1 heterocycles. The van der Waals surface area contributed by atoms with E-state index >= 15 is 0 Å². The van der Waals surface area contributed by atoms with Gasteiger partial charge in [0.25, 0.3) is 0 Å². The summed E-state index contributed by atoms with van der Waals surface area (Å²) in [5.41, 5.74) is 1.86. The van der Waals surface area contributed by atoms with Crippen molar-refractivity contribution in [1.82, 2.24) is 0 Å². The van der Waals surface area contributed by atoms with Gasteiger partial charge >= 0.3 is 6.09 Å². The van der Waals surface area contributed by atoms with E-state index in [-0.39, 0.29) is 12.4 Å². The summed E-state index contributed by atoms with van der Waals surface area (Å²) in [4.78, 5) is 13.8. The number of morpholine rings is 1. The van der Waals surface area contributed by atoms with Gasteiger partial charge < -0.3 is 14.4 Å². The van der Waals surface area contributed by atoms with Gasteiger partial charge in [-0.15, -0.1) is 0 Å². The van der Waals surface area contributed by atoms with Crippen LogP contribution in [0.15, 0.2) is 48.5 Å². The molecule has 0 radical (unpaired) electrons. The molecule has 1 fully saturated rings. The van der Waals surface area contributed by atoms with Gasteiger partial charge in [0.2, 0.25) is 0 Å². The summed E-state index contributed by atoms with van der Waals surface area (Å²) in [5.74, 6) is -0.319. The molecule has 5 nitrogen and oxygen atoms in total. The first-order valence-corrected chi connectivity index (χ1v) is 7.82. The van der Waals surface area contributed by atoms with Crippen molar-refractivity contribution >= 4 is 17.5 Å². The van der Waals surface area contributed by atoms with Gasteiger partial charge in [-0.3, -0.25) is 5.32 Å². The number of carbonyl (C=O) groups is 1. The van der Waals surface area contributed by atoms with E-state index in [0.717, 1.165) is 5.56 Å². The second-order valence-electron chi connectivity index (χ2n) is 5.45. The van der Waals surface area contributed by atoms with E-state index in [1.165, 1.54) is 12.1 Å². The van der Waals surface area contributed by atoms with E-state index in [1.54, 1.807) is 6.07 Å². The highest BCUT2D eigenvalue weighted by Gasteiger charge is 2.16. The molecule has 126 valence electrons. The largest absolute Gasteiger partial charge is 0.444 e. The number of halogens is 1. The molecule has 0 spiro atoms. The van der Waals surface area contributed by atoms with Gasteiger partial charge in [-0.1, -0.05) is 30.3 Å². The standard InChI is InChI=1S/C18H19FN2O3/c19-16-7-6-15(12-17(16)21-8-10-23-11-9-21)20-18(22)24-13-14-4-2-1-3-5-14/h1-7,12H,8-11,13H2,(H,20,22). The Labute approximate surface area is 140 Å². The van der Waals surface area contributed by atoms with Gasteiger partial charge in [-0.25, -0.2) is 9.18 Å². The third kappa shape index (κ3) is 4.23. The van der Waals surface area contributed by atoms with Crippen LogP contribution in [0.5, 0.6) is 0 Å². The van der Waals surface area contributed by atoms with Crippen LogP contribution in [-0.2, 0) is 16.1 Å². The van der Waals surface area contributed by atoms with Gasteiger partial charge in [-0.05, 0) is 23.8 Å². The average molecular weight is 330 g/mol. The zero-order valence-corrected chi connectivity index (χ0v) is 13.2. The Morgan fingerprint density at radius 1 is 1.17 bits per heavy atom. The van der Waals surface area contributed by atoms with Crippen molar-refractivity contribution in [2.45, 2.75) is 6.61 Å². The van der Waals surface area contributed by atoms with Crippen LogP contribution < -0.4 is 10.2 Å². The minimum atomic E-state index is -0.571. The van der Waals surface area contributed by atoms with Crippen molar-refractivity contribution in [3.8, 4) is 0 Å². The minimum absolute atomic E-state index is 0.185. The Bertz CT molecular complexity index is 688. The van der Waals surface area contributed by atoms with Gasteiger partial charge in [0.1, 0.15) is 12.4 Å². The first-order chi connectivity index (χ1) is 11.7. The van der Waals surface area contributed by atoms with Crippen LogP contribution in [0.1, 0.15) is 5.56 Å². The van der Waals surface area contributed by atoms with Crippen LogP contribution >= 0.6 is 0 Å². The van der Waals surface area contributed by atoms with E-state index in [4.69, 9.17) is 9.47 Å². The van der Waals surface area contributed by atoms with E-state index in [1.807, 2.05) is 35.2 Å². The molecule has 1 N–H and O–H groups in total. The molecule has 0 atom stereocenters. The number of nitrogens with zero attached hydrogens (tertiary/aromatic N) is 1. The van der Waals surface area contributed by atoms with Crippen LogP contribution in [0.25, 0.3) is 0 Å². The molecule has 1 saturated heterocycles. The fourth-order valence-electron chi connectivity index (χ4n) is 2.51. The topological polar surface area (TPSA) is 50.8 Å². The molecule has 24 heavy (non-hydrogen) atoms. The number of ether oxygens (including phenoxy) is 2. The van der Waals surface area contributed by atoms with Crippen molar-refractivity contribution in [2.24, 2.45) is 0 Å². The summed E-state index contributed by atoms with van der Waals surface area (Å²) in [6.07, 6.45) is -0.571. The van der Waals surface area contributed by atoms with Crippen molar-refractivity contribution in [2.75, 3.05) is 36.5 Å². The SMILES string of the molecule is O=C(Nc1ccc(F)c(N2CCOCC2)c1)OCc1ccccc1. The average Bonchev–Trinajstić information content (AvgIpc) is 2.63. The van der Waals surface area contributed by atoms with E-state index in [0.29, 0.717) is 37.7 Å². The molecule has 1 aliphatic rings. The number of amides is 1. The molecule has 2 aromatic carbocycles. The second kappa shape index (κ2) is 7.79. The molecule has 0 saturated carbocycles. The van der Waals surface area contributed by atoms with E-state index < -0.39 is 6.09 Å². The van der Waals surface area contributed by atoms with Crippen molar-refractivity contribution < 1.29 is 18.7 Å². The summed E-state index contributed by atoms with van der Waals surface area (Å²) in [6, 6.07) is 13.9. The lowest BCUT2D eigenvalue weighted by atomic mass is 10.2. The minimum Gasteiger partial charge on any atom is -0.444 e. The van der Waals surface area contributed by atoms with E-state index in [9.17, 15) is 9.18 Å². The molecule has 1 aliphatic heterocycles. The maximum atomic E-state index is 14.0. The van der Waals surface area contributed by atoms with Gasteiger partial charge in [0.05, 0.1) is 18.9 Å². The molecule has 0 unspecified atom stereocenters. The summed E-state index contributed by atoms with van der Waals surface area (Å²) in [6.45, 7) is 2.56. The molecule has 6 heteroatoms. The smallest absolute Gasteiger partial charge is 0.411 e. The lowest BCUT2D eigenvalue weighted by molar-refractivity contribution is 0.122. The van der Waals surface area contributed by atoms with E-state index in [2.05, 4.69) is 5.32 Å². The molecule has 0 bridgehead atoms. The maximum absolute atomic E-state index is 14.0. The first-order valence-electron chi connectivity index (χ1n) is 7.82. The highest BCUT2D eigenvalue weighted by Crippen LogP contribution is 2.24. The Morgan fingerprint density at radius 2 is 1.92 bits per heavy atom. The number of nitrogens with one attached hydrogen (secondary N) is 1. The van der Waals surface area contributed by atoms with Crippen molar-refractivity contribution in [1.29, 1.82) is 0 Å². The van der Waals surface area contributed by atoms with Crippen molar-refractivity contribution in [3.63, 3.8) is 0 Å². The molecule has 2 aromatic rings. The van der Waals surface area contributed by atoms with Crippen LogP contribution in [0, 0.1) is 5.82 Å². The van der Waals surface area contributed by atoms with Crippen molar-refractivity contribution in [3.05, 3.63) is 59.9 Å². The third-order valence-corrected chi connectivity index (χ3v) is 3.76. The monoisotopic (exact) mass is 330 g/mol. The summed E-state index contributed by atoms with van der Waals surface area (Å²) in [5, 5.41) is 2.63. The number of benzene rings is 2. The fourth-order valence-corrected chi connectivity index (χ4v) is 2.51. The van der Waals surface area contributed by atoms with Crippen LogP contribution in [0.2, 0.25) is 0 Å². The lowest BCUT2D eigenvalue weighted by Crippen LogP contribution is -2.36. The number of rotatable bonds is 4. The Hall–Kier alpha value is -2.60. The zero-order chi connectivity index (χ0) is 16.8. The number of hydrogen-bond acceptors (Lipinski definition) is 4. The zero-order valence-electron chi connectivity index (χ0n) is 13.2. The fraction of sp³-hybridized carbons (Fsp3) is 0.278. The quantitative estimate of drug-likeness (QED) is 0.933. The van der Waals surface area contributed by atoms with Gasteiger partial charge in [0, 0.05) is 18.8 Å². The maximum Gasteiger partial charge on any atom is 0.411 e. The van der Waals surface area contributed by atoms with Crippen LogP contribution in [0.4, 0.5) is 20.6 Å². The van der Waals surface area contributed by atoms with Crippen LogP contribution in [0.3, 0.4) is 0 Å². The Morgan fingerprint density at radius 3 is 2.67 bits per heavy atom. The predicted molar refractivity (Wildman–Crippen MR) is 89.7 cm³/mol. The molecule has 0 aromatic heterocycles. The van der Waals surface area contributed by atoms with Gasteiger partial charge in [-0.2, -0.15) is 0 Å². The first kappa shape index (κ1) is 16.3. The molecular formula is C18H19FN2O3.